The number of nitrogens with zero attached hydrogens (tertiary/aromatic N) is 2. The largest absolute Gasteiger partial charge is 0.508 e. The lowest BCUT2D eigenvalue weighted by Gasteiger charge is -2.28. The Morgan fingerprint density at radius 1 is 1.11 bits per heavy atom. The van der Waals surface area contributed by atoms with Gasteiger partial charge < -0.3 is 15.1 Å². The summed E-state index contributed by atoms with van der Waals surface area (Å²) < 4.78 is 0. The van der Waals surface area contributed by atoms with Crippen molar-refractivity contribution in [3.8, 4) is 5.75 Å². The van der Waals surface area contributed by atoms with Crippen LogP contribution in [0, 0.1) is 0 Å². The molecule has 1 unspecified atom stereocenters. The Balaban J connectivity index is 1.79. The number of carbonyl (C=O) groups is 2. The zero-order chi connectivity index (χ0) is 20.0. The number of nitrogens with one attached hydrogen (secondary N) is 2. The second-order valence-corrected chi connectivity index (χ2v) is 6.99. The van der Waals surface area contributed by atoms with Gasteiger partial charge in [-0.2, -0.15) is 0 Å². The fourth-order valence-electron chi connectivity index (χ4n) is 2.86. The molecule has 2 rings (SSSR count). The number of aliphatic hydroxyl groups excluding tert-OH is 1. The topological polar surface area (TPSA) is 105 Å². The summed E-state index contributed by atoms with van der Waals surface area (Å²) >= 11 is 0. The van der Waals surface area contributed by atoms with E-state index in [4.69, 9.17) is 0 Å². The molecule has 1 aromatic carbocycles. The van der Waals surface area contributed by atoms with Crippen molar-refractivity contribution in [3.63, 3.8) is 0 Å². The highest BCUT2D eigenvalue weighted by atomic mass is 16.3. The number of likely N-dealkylation sites (N-methyl/N-ethyl adjacent to an activating group) is 1. The molecule has 0 spiro atoms. The first kappa shape index (κ1) is 21.0. The van der Waals surface area contributed by atoms with Gasteiger partial charge in [0, 0.05) is 37.3 Å². The number of imide groups is 1. The van der Waals surface area contributed by atoms with Crippen LogP contribution in [0.2, 0.25) is 0 Å². The Bertz CT molecular complexity index is 657. The molecule has 0 bridgehead atoms. The predicted octanol–water partition coefficient (Wildman–Crippen LogP) is -0.366. The van der Waals surface area contributed by atoms with Crippen LogP contribution >= 0.6 is 0 Å². The molecule has 1 aliphatic rings. The maximum Gasteiger partial charge on any atom is 0.253 e. The standard InChI is InChI=1S/C19H28N4O4/c1-13(12-23-17(25)8-9-18(23)26)21-19(27)20-11-15(22(2)3)10-14-4-6-16(24)7-5-14/h4-9,13,15,19-21,24,27H,10-12H2,1-3H3/t13-,15-,19?/m0/s1. The Labute approximate surface area is 159 Å². The summed E-state index contributed by atoms with van der Waals surface area (Å²) in [5.41, 5.74) is 1.09. The van der Waals surface area contributed by atoms with E-state index in [9.17, 15) is 19.8 Å². The lowest BCUT2D eigenvalue weighted by atomic mass is 10.0. The van der Waals surface area contributed by atoms with Crippen LogP contribution in [-0.2, 0) is 16.0 Å². The van der Waals surface area contributed by atoms with E-state index in [2.05, 4.69) is 15.5 Å². The molecule has 3 atom stereocenters. The van der Waals surface area contributed by atoms with Gasteiger partial charge in [-0.15, -0.1) is 0 Å². The molecule has 0 aromatic heterocycles. The average Bonchev–Trinajstić information content (AvgIpc) is 2.91. The summed E-state index contributed by atoms with van der Waals surface area (Å²) in [6, 6.07) is 6.93. The van der Waals surface area contributed by atoms with E-state index in [0.29, 0.717) is 6.54 Å². The minimum Gasteiger partial charge on any atom is -0.508 e. The van der Waals surface area contributed by atoms with Gasteiger partial charge in [-0.3, -0.25) is 25.1 Å². The van der Waals surface area contributed by atoms with Gasteiger partial charge >= 0.3 is 0 Å². The van der Waals surface area contributed by atoms with Gasteiger partial charge in [0.05, 0.1) is 0 Å². The number of phenols is 1. The number of carbonyl (C=O) groups excluding carboxylic acids is 2. The molecule has 1 heterocycles. The minimum atomic E-state index is -0.969. The lowest BCUT2D eigenvalue weighted by Crippen LogP contribution is -2.53. The third-order valence-electron chi connectivity index (χ3n) is 4.48. The molecule has 1 aliphatic heterocycles. The molecule has 2 amide bonds. The SMILES string of the molecule is C[C@@H](CN1C(=O)C=CC1=O)NC(O)NC[C@H](Cc1ccc(O)cc1)N(C)C. The molecule has 8 heteroatoms. The van der Waals surface area contributed by atoms with Gasteiger partial charge in [-0.25, -0.2) is 0 Å². The van der Waals surface area contributed by atoms with Crippen molar-refractivity contribution >= 4 is 11.8 Å². The molecule has 0 saturated carbocycles. The van der Waals surface area contributed by atoms with Crippen molar-refractivity contribution in [2.45, 2.75) is 31.8 Å². The van der Waals surface area contributed by atoms with Gasteiger partial charge in [0.1, 0.15) is 5.75 Å². The van der Waals surface area contributed by atoms with Crippen LogP contribution in [-0.4, -0.2) is 77.4 Å². The molecule has 0 aliphatic carbocycles. The molecular weight excluding hydrogens is 348 g/mol. The normalized spacial score (nSPS) is 17.6. The maximum absolute atomic E-state index is 11.6. The van der Waals surface area contributed by atoms with E-state index >= 15 is 0 Å². The van der Waals surface area contributed by atoms with Crippen molar-refractivity contribution in [3.05, 3.63) is 42.0 Å². The molecule has 1 aromatic rings. The number of benzene rings is 1. The van der Waals surface area contributed by atoms with Crippen LogP contribution in [0.1, 0.15) is 12.5 Å². The van der Waals surface area contributed by atoms with Gasteiger partial charge in [-0.05, 0) is 45.1 Å². The van der Waals surface area contributed by atoms with Crippen molar-refractivity contribution in [2.75, 3.05) is 27.2 Å². The van der Waals surface area contributed by atoms with Crippen LogP contribution < -0.4 is 10.6 Å². The second kappa shape index (κ2) is 9.61. The first-order valence-corrected chi connectivity index (χ1v) is 8.91. The fourth-order valence-corrected chi connectivity index (χ4v) is 2.86. The van der Waals surface area contributed by atoms with Crippen molar-refractivity contribution in [1.29, 1.82) is 0 Å². The highest BCUT2D eigenvalue weighted by Crippen LogP contribution is 2.12. The van der Waals surface area contributed by atoms with Crippen LogP contribution in [0.25, 0.3) is 0 Å². The Morgan fingerprint density at radius 3 is 2.26 bits per heavy atom. The molecule has 148 valence electrons. The lowest BCUT2D eigenvalue weighted by molar-refractivity contribution is -0.137. The van der Waals surface area contributed by atoms with Crippen LogP contribution in [0.4, 0.5) is 0 Å². The van der Waals surface area contributed by atoms with E-state index in [1.54, 1.807) is 19.1 Å². The highest BCUT2D eigenvalue weighted by Gasteiger charge is 2.25. The number of aromatic hydroxyl groups is 1. The summed E-state index contributed by atoms with van der Waals surface area (Å²) in [5.74, 6) is -0.438. The molecule has 0 saturated heterocycles. The maximum atomic E-state index is 11.6. The van der Waals surface area contributed by atoms with Gasteiger partial charge in [0.15, 0.2) is 6.35 Å². The first-order valence-electron chi connectivity index (χ1n) is 8.91. The Kier molecular flexibility index (Phi) is 7.49. The zero-order valence-electron chi connectivity index (χ0n) is 15.9. The third-order valence-corrected chi connectivity index (χ3v) is 4.48. The number of hydrogen-bond donors (Lipinski definition) is 4. The number of phenolic OH excluding ortho intramolecular Hbond substituents is 1. The summed E-state index contributed by atoms with van der Waals surface area (Å²) in [6.45, 7) is 2.51. The molecular formula is C19H28N4O4. The van der Waals surface area contributed by atoms with E-state index in [0.717, 1.165) is 16.9 Å². The molecule has 4 N–H and O–H groups in total. The number of hydrogen-bond acceptors (Lipinski definition) is 7. The van der Waals surface area contributed by atoms with Gasteiger partial charge in [0.2, 0.25) is 0 Å². The third kappa shape index (κ3) is 6.44. The van der Waals surface area contributed by atoms with Crippen LogP contribution in [0.5, 0.6) is 5.75 Å². The van der Waals surface area contributed by atoms with Crippen LogP contribution in [0.15, 0.2) is 36.4 Å². The van der Waals surface area contributed by atoms with E-state index in [-0.39, 0.29) is 36.2 Å². The second-order valence-electron chi connectivity index (χ2n) is 6.99. The smallest absolute Gasteiger partial charge is 0.253 e. The Morgan fingerprint density at radius 2 is 1.70 bits per heavy atom. The van der Waals surface area contributed by atoms with Crippen LogP contribution in [0.3, 0.4) is 0 Å². The predicted molar refractivity (Wildman–Crippen MR) is 102 cm³/mol. The van der Waals surface area contributed by atoms with Crippen molar-refractivity contribution in [1.82, 2.24) is 20.4 Å². The first-order chi connectivity index (χ1) is 12.8. The highest BCUT2D eigenvalue weighted by molar-refractivity contribution is 6.12. The number of rotatable bonds is 10. The quantitative estimate of drug-likeness (QED) is 0.326. The molecule has 0 radical (unpaired) electrons. The number of amides is 2. The number of aliphatic hydroxyl groups is 1. The van der Waals surface area contributed by atoms with E-state index in [1.165, 1.54) is 12.2 Å². The molecule has 0 fully saturated rings. The van der Waals surface area contributed by atoms with E-state index in [1.807, 2.05) is 26.2 Å². The van der Waals surface area contributed by atoms with Gasteiger partial charge in [0.25, 0.3) is 11.8 Å². The Hall–Kier alpha value is -2.26. The van der Waals surface area contributed by atoms with Crippen molar-refractivity contribution < 1.29 is 19.8 Å². The fraction of sp³-hybridized carbons (Fsp3) is 0.474. The monoisotopic (exact) mass is 376 g/mol. The average molecular weight is 376 g/mol. The van der Waals surface area contributed by atoms with Crippen molar-refractivity contribution in [2.24, 2.45) is 0 Å². The summed E-state index contributed by atoms with van der Waals surface area (Å²) in [6.07, 6.45) is 2.28. The molecule has 8 nitrogen and oxygen atoms in total. The minimum absolute atomic E-state index is 0.132. The zero-order valence-corrected chi connectivity index (χ0v) is 15.9. The van der Waals surface area contributed by atoms with E-state index < -0.39 is 6.35 Å². The molecule has 27 heavy (non-hydrogen) atoms. The summed E-state index contributed by atoms with van der Waals surface area (Å²) in [5, 5.41) is 25.5. The summed E-state index contributed by atoms with van der Waals surface area (Å²) in [7, 11) is 3.93. The van der Waals surface area contributed by atoms with Gasteiger partial charge in [-0.1, -0.05) is 12.1 Å². The summed E-state index contributed by atoms with van der Waals surface area (Å²) in [4.78, 5) is 26.4.